The van der Waals surface area contributed by atoms with Crippen LogP contribution in [0.15, 0.2) is 16.2 Å². The first-order chi connectivity index (χ1) is 6.72. The van der Waals surface area contributed by atoms with Crippen molar-refractivity contribution in [2.24, 2.45) is 5.73 Å². The molecule has 0 fully saturated rings. The summed E-state index contributed by atoms with van der Waals surface area (Å²) in [5, 5.41) is 1.94. The van der Waals surface area contributed by atoms with Crippen molar-refractivity contribution in [3.8, 4) is 0 Å². The fourth-order valence-corrected chi connectivity index (χ4v) is 2.38. The van der Waals surface area contributed by atoms with Gasteiger partial charge in [0.1, 0.15) is 0 Å². The zero-order valence-corrected chi connectivity index (χ0v) is 8.67. The molecule has 0 saturated heterocycles. The second-order valence-corrected chi connectivity index (χ2v) is 3.96. The summed E-state index contributed by atoms with van der Waals surface area (Å²) < 4.78 is 1.63. The Morgan fingerprint density at radius 3 is 3.14 bits per heavy atom. The van der Waals surface area contributed by atoms with Gasteiger partial charge in [0, 0.05) is 29.3 Å². The number of rotatable bonds is 2. The average Bonchev–Trinajstić information content (AvgIpc) is 2.49. The van der Waals surface area contributed by atoms with E-state index in [-0.39, 0.29) is 5.56 Å². The molecule has 2 N–H and O–H groups in total. The van der Waals surface area contributed by atoms with Crippen LogP contribution in [0, 0.1) is 6.92 Å². The molecule has 2 heterocycles. The molecule has 0 saturated carbocycles. The monoisotopic (exact) mass is 209 g/mol. The number of aromatic nitrogens is 2. The molecule has 4 nitrogen and oxygen atoms in total. The van der Waals surface area contributed by atoms with Gasteiger partial charge in [-0.15, -0.1) is 11.3 Å². The van der Waals surface area contributed by atoms with Gasteiger partial charge in [-0.2, -0.15) is 0 Å². The van der Waals surface area contributed by atoms with Crippen LogP contribution in [-0.2, 0) is 6.42 Å². The highest BCUT2D eigenvalue weighted by Crippen LogP contribution is 2.12. The predicted molar refractivity (Wildman–Crippen MR) is 56.8 cm³/mol. The largest absolute Gasteiger partial charge is 0.330 e. The molecule has 74 valence electrons. The molecule has 0 amide bonds. The summed E-state index contributed by atoms with van der Waals surface area (Å²) in [5.74, 6) is 0. The topological polar surface area (TPSA) is 60.4 Å². The Hall–Kier alpha value is -1.20. The number of aryl methyl sites for hydroxylation is 1. The quantitative estimate of drug-likeness (QED) is 0.786. The van der Waals surface area contributed by atoms with Crippen LogP contribution in [0.2, 0.25) is 0 Å². The Balaban J connectivity index is 2.73. The molecule has 2 rings (SSSR count). The highest BCUT2D eigenvalue weighted by atomic mass is 32.1. The average molecular weight is 209 g/mol. The number of nitrogens with zero attached hydrogens (tertiary/aromatic N) is 2. The lowest BCUT2D eigenvalue weighted by molar-refractivity contribution is 0.879. The van der Waals surface area contributed by atoms with Gasteiger partial charge >= 0.3 is 0 Å². The van der Waals surface area contributed by atoms with E-state index in [0.717, 1.165) is 16.3 Å². The van der Waals surface area contributed by atoms with Gasteiger partial charge in [-0.1, -0.05) is 0 Å². The van der Waals surface area contributed by atoms with E-state index in [4.69, 9.17) is 5.73 Å². The molecule has 2 aromatic rings. The molecule has 0 bridgehead atoms. The van der Waals surface area contributed by atoms with Crippen molar-refractivity contribution in [1.82, 2.24) is 9.38 Å². The molecule has 14 heavy (non-hydrogen) atoms. The first kappa shape index (κ1) is 9.36. The van der Waals surface area contributed by atoms with Gasteiger partial charge in [0.25, 0.3) is 5.56 Å². The Morgan fingerprint density at radius 1 is 1.64 bits per heavy atom. The van der Waals surface area contributed by atoms with Gasteiger partial charge in [-0.25, -0.2) is 4.98 Å². The van der Waals surface area contributed by atoms with Crippen LogP contribution in [0.1, 0.15) is 11.4 Å². The van der Waals surface area contributed by atoms with Gasteiger partial charge in [0.2, 0.25) is 0 Å². The number of fused-ring (bicyclic) bond motifs is 1. The number of nitrogens with two attached hydrogens (primary N) is 1. The molecule has 0 aromatic carbocycles. The standard InChI is InChI=1S/C9H11N3OS/c1-6-4-8(13)12-7(2-3-10)5-14-9(12)11-6/h4-5H,2-3,10H2,1H3. The second-order valence-electron chi connectivity index (χ2n) is 3.12. The van der Waals surface area contributed by atoms with Crippen molar-refractivity contribution in [3.05, 3.63) is 33.2 Å². The van der Waals surface area contributed by atoms with E-state index in [2.05, 4.69) is 4.98 Å². The fraction of sp³-hybridized carbons (Fsp3) is 0.333. The highest BCUT2D eigenvalue weighted by Gasteiger charge is 2.06. The smallest absolute Gasteiger partial charge is 0.258 e. The zero-order valence-electron chi connectivity index (χ0n) is 7.86. The lowest BCUT2D eigenvalue weighted by Gasteiger charge is -1.98. The Morgan fingerprint density at radius 2 is 2.43 bits per heavy atom. The molecule has 0 unspecified atom stereocenters. The first-order valence-corrected chi connectivity index (χ1v) is 5.27. The number of hydrogen-bond acceptors (Lipinski definition) is 4. The summed E-state index contributed by atoms with van der Waals surface area (Å²) >= 11 is 1.48. The summed E-state index contributed by atoms with van der Waals surface area (Å²) in [5.41, 5.74) is 7.15. The molecule has 0 aliphatic rings. The Labute approximate surface area is 85.0 Å². The Bertz CT molecular complexity index is 514. The van der Waals surface area contributed by atoms with Crippen molar-refractivity contribution < 1.29 is 0 Å². The van der Waals surface area contributed by atoms with Crippen LogP contribution in [0.25, 0.3) is 4.96 Å². The van der Waals surface area contributed by atoms with Gasteiger partial charge in [-0.3, -0.25) is 9.20 Å². The molecular formula is C9H11N3OS. The van der Waals surface area contributed by atoms with E-state index in [1.54, 1.807) is 10.5 Å². The van der Waals surface area contributed by atoms with Crippen molar-refractivity contribution in [2.45, 2.75) is 13.3 Å². The molecule has 0 spiro atoms. The third kappa shape index (κ3) is 1.44. The molecule has 5 heteroatoms. The fourth-order valence-electron chi connectivity index (χ4n) is 1.41. The summed E-state index contributed by atoms with van der Waals surface area (Å²) in [6, 6.07) is 1.54. The van der Waals surface area contributed by atoms with Crippen LogP contribution < -0.4 is 11.3 Å². The van der Waals surface area contributed by atoms with E-state index in [0.29, 0.717) is 13.0 Å². The van der Waals surface area contributed by atoms with Crippen LogP contribution >= 0.6 is 11.3 Å². The maximum atomic E-state index is 11.6. The van der Waals surface area contributed by atoms with Gasteiger partial charge < -0.3 is 5.73 Å². The van der Waals surface area contributed by atoms with Gasteiger partial charge in [0.05, 0.1) is 0 Å². The summed E-state index contributed by atoms with van der Waals surface area (Å²) in [4.78, 5) is 16.7. The van der Waals surface area contributed by atoms with Crippen LogP contribution in [0.3, 0.4) is 0 Å². The van der Waals surface area contributed by atoms with E-state index in [1.807, 2.05) is 12.3 Å². The van der Waals surface area contributed by atoms with E-state index in [1.165, 1.54) is 11.3 Å². The summed E-state index contributed by atoms with van der Waals surface area (Å²) in [6.07, 6.45) is 0.713. The number of hydrogen-bond donors (Lipinski definition) is 1. The van der Waals surface area contributed by atoms with Crippen molar-refractivity contribution in [3.63, 3.8) is 0 Å². The molecule has 0 aliphatic heterocycles. The highest BCUT2D eigenvalue weighted by molar-refractivity contribution is 7.15. The van der Waals surface area contributed by atoms with Crippen LogP contribution in [0.4, 0.5) is 0 Å². The lowest BCUT2D eigenvalue weighted by atomic mass is 10.3. The first-order valence-electron chi connectivity index (χ1n) is 4.39. The van der Waals surface area contributed by atoms with Crippen molar-refractivity contribution in [2.75, 3.05) is 6.54 Å². The molecular weight excluding hydrogens is 198 g/mol. The van der Waals surface area contributed by atoms with Crippen molar-refractivity contribution >= 4 is 16.3 Å². The predicted octanol–water partition coefficient (Wildman–Crippen LogP) is 0.566. The van der Waals surface area contributed by atoms with Gasteiger partial charge in [-0.05, 0) is 13.5 Å². The van der Waals surface area contributed by atoms with Crippen LogP contribution in [-0.4, -0.2) is 15.9 Å². The maximum Gasteiger partial charge on any atom is 0.258 e. The molecule has 0 aliphatic carbocycles. The number of thiazole rings is 1. The van der Waals surface area contributed by atoms with Crippen molar-refractivity contribution in [1.29, 1.82) is 0 Å². The van der Waals surface area contributed by atoms with Gasteiger partial charge in [0.15, 0.2) is 4.96 Å². The summed E-state index contributed by atoms with van der Waals surface area (Å²) in [6.45, 7) is 2.37. The minimum atomic E-state index is -0.0165. The van der Waals surface area contributed by atoms with E-state index >= 15 is 0 Å². The molecule has 0 radical (unpaired) electrons. The molecule has 2 aromatic heterocycles. The lowest BCUT2D eigenvalue weighted by Crippen LogP contribution is -2.17. The van der Waals surface area contributed by atoms with E-state index < -0.39 is 0 Å². The third-order valence-electron chi connectivity index (χ3n) is 2.00. The maximum absolute atomic E-state index is 11.6. The molecule has 0 atom stereocenters. The SMILES string of the molecule is Cc1cc(=O)n2c(CCN)csc2n1. The third-order valence-corrected chi connectivity index (χ3v) is 2.88. The zero-order chi connectivity index (χ0) is 10.1. The Kier molecular flexibility index (Phi) is 2.35. The minimum absolute atomic E-state index is 0.0165. The van der Waals surface area contributed by atoms with E-state index in [9.17, 15) is 4.79 Å². The second kappa shape index (κ2) is 3.51. The summed E-state index contributed by atoms with van der Waals surface area (Å²) in [7, 11) is 0. The normalized spacial score (nSPS) is 11.0. The minimum Gasteiger partial charge on any atom is -0.330 e. The van der Waals surface area contributed by atoms with Crippen LogP contribution in [0.5, 0.6) is 0 Å².